The maximum atomic E-state index is 11.7. The number of nitrogens with two attached hydrogens (primary N) is 1. The lowest BCUT2D eigenvalue weighted by atomic mass is 10.2. The molecule has 1 aromatic heterocycles. The van der Waals surface area contributed by atoms with E-state index in [0.29, 0.717) is 25.7 Å². The van der Waals surface area contributed by atoms with Crippen LogP contribution in [-0.2, 0) is 14.3 Å². The number of hydrogen-bond acceptors (Lipinski definition) is 11. The van der Waals surface area contributed by atoms with Crippen molar-refractivity contribution in [2.24, 2.45) is 5.73 Å². The minimum absolute atomic E-state index is 0.250. The van der Waals surface area contributed by atoms with Gasteiger partial charge in [-0.2, -0.15) is 0 Å². The average molecular weight is 642 g/mol. The number of primary amides is 1. The fourth-order valence-corrected chi connectivity index (χ4v) is 6.29. The summed E-state index contributed by atoms with van der Waals surface area (Å²) in [6, 6.07) is 24.6. The van der Waals surface area contributed by atoms with Crippen LogP contribution in [0.25, 0.3) is 0 Å². The van der Waals surface area contributed by atoms with Gasteiger partial charge in [0.25, 0.3) is 0 Å². The molecule has 240 valence electrons. The van der Waals surface area contributed by atoms with Crippen molar-refractivity contribution < 1.29 is 19.0 Å². The second-order valence-electron chi connectivity index (χ2n) is 10.9. The van der Waals surface area contributed by atoms with E-state index in [9.17, 15) is 4.79 Å². The Morgan fingerprint density at radius 3 is 2.22 bits per heavy atom. The molecule has 6 rings (SSSR count). The molecule has 1 amide bonds. The molecular formula is C34H39N7O4S. The molecule has 3 heterocycles. The number of rotatable bonds is 12. The smallest absolute Gasteiger partial charge is 0.228 e. The first kappa shape index (κ1) is 31.5. The Kier molecular flexibility index (Phi) is 10.4. The molecule has 2 saturated heterocycles. The van der Waals surface area contributed by atoms with Crippen LogP contribution in [0.3, 0.4) is 0 Å². The van der Waals surface area contributed by atoms with Crippen LogP contribution in [0.4, 0.5) is 34.4 Å². The normalized spacial score (nSPS) is 15.0. The molecule has 0 radical (unpaired) electrons. The van der Waals surface area contributed by atoms with Gasteiger partial charge in [0.15, 0.2) is 0 Å². The molecule has 0 unspecified atom stereocenters. The first-order valence-electron chi connectivity index (χ1n) is 15.4. The standard InChI is InChI=1S/C34H39N7O4S/c1-43-31-24-25(2-11-30(31)40-18-22-45-23-19-40)37-34-36-14-12-33(38-34)46-29-9-7-28(8-10-29)41(15-13-32(35)42)27-5-3-26(4-6-27)39-16-20-44-21-17-39/h2-12,14,24H,13,15-23H2,1H3,(H2,35,42)(H,36,37,38). The molecule has 12 heteroatoms. The van der Waals surface area contributed by atoms with Crippen LogP contribution in [-0.4, -0.2) is 82.1 Å². The van der Waals surface area contributed by atoms with Crippen LogP contribution in [0.2, 0.25) is 0 Å². The predicted octanol–water partition coefficient (Wildman–Crippen LogP) is 5.07. The van der Waals surface area contributed by atoms with Gasteiger partial charge in [-0.3, -0.25) is 4.79 Å². The molecule has 4 aromatic rings. The first-order valence-corrected chi connectivity index (χ1v) is 16.2. The fraction of sp³-hybridized carbons (Fsp3) is 0.324. The van der Waals surface area contributed by atoms with Crippen LogP contribution >= 0.6 is 11.8 Å². The van der Waals surface area contributed by atoms with Crippen molar-refractivity contribution in [2.45, 2.75) is 16.3 Å². The Hall–Kier alpha value is -4.52. The number of ether oxygens (including phenoxy) is 3. The van der Waals surface area contributed by atoms with E-state index in [-0.39, 0.29) is 12.3 Å². The molecule has 0 spiro atoms. The lowest BCUT2D eigenvalue weighted by molar-refractivity contribution is -0.117. The second kappa shape index (κ2) is 15.2. The van der Waals surface area contributed by atoms with Gasteiger partial charge in [-0.15, -0.1) is 0 Å². The van der Waals surface area contributed by atoms with Gasteiger partial charge in [0.1, 0.15) is 10.8 Å². The molecule has 3 aromatic carbocycles. The number of carbonyl (C=O) groups excluding carboxylic acids is 1. The number of aromatic nitrogens is 2. The average Bonchev–Trinajstić information content (AvgIpc) is 3.10. The number of anilines is 6. The summed E-state index contributed by atoms with van der Waals surface area (Å²) in [4.78, 5) is 28.6. The van der Waals surface area contributed by atoms with Gasteiger partial charge >= 0.3 is 0 Å². The summed E-state index contributed by atoms with van der Waals surface area (Å²) in [5, 5.41) is 4.12. The maximum absolute atomic E-state index is 11.7. The zero-order valence-electron chi connectivity index (χ0n) is 25.9. The van der Waals surface area contributed by atoms with E-state index in [2.05, 4.69) is 79.6 Å². The van der Waals surface area contributed by atoms with Crippen LogP contribution in [0.15, 0.2) is 88.9 Å². The Morgan fingerprint density at radius 2 is 1.57 bits per heavy atom. The number of nitrogens with zero attached hydrogens (tertiary/aromatic N) is 5. The largest absolute Gasteiger partial charge is 0.495 e. The van der Waals surface area contributed by atoms with E-state index in [1.165, 1.54) is 0 Å². The van der Waals surface area contributed by atoms with Gasteiger partial charge in [0, 0.05) is 79.1 Å². The third-order valence-electron chi connectivity index (χ3n) is 7.91. The zero-order chi connectivity index (χ0) is 31.7. The molecule has 46 heavy (non-hydrogen) atoms. The summed E-state index contributed by atoms with van der Waals surface area (Å²) >= 11 is 1.55. The van der Waals surface area contributed by atoms with Gasteiger partial charge in [0.2, 0.25) is 11.9 Å². The summed E-state index contributed by atoms with van der Waals surface area (Å²) in [6.07, 6.45) is 2.00. The molecule has 2 aliphatic heterocycles. The number of morpholine rings is 2. The van der Waals surface area contributed by atoms with Gasteiger partial charge in [-0.25, -0.2) is 9.97 Å². The highest BCUT2D eigenvalue weighted by Crippen LogP contribution is 2.34. The predicted molar refractivity (Wildman–Crippen MR) is 182 cm³/mol. The van der Waals surface area contributed by atoms with E-state index in [4.69, 9.17) is 24.9 Å². The van der Waals surface area contributed by atoms with E-state index in [1.807, 2.05) is 18.2 Å². The molecule has 0 bridgehead atoms. The first-order chi connectivity index (χ1) is 22.6. The van der Waals surface area contributed by atoms with Crippen molar-refractivity contribution in [2.75, 3.05) is 86.3 Å². The van der Waals surface area contributed by atoms with Crippen LogP contribution in [0, 0.1) is 0 Å². The second-order valence-corrected chi connectivity index (χ2v) is 12.0. The monoisotopic (exact) mass is 641 g/mol. The van der Waals surface area contributed by atoms with Gasteiger partial charge in [0.05, 0.1) is 39.2 Å². The molecule has 11 nitrogen and oxygen atoms in total. The quantitative estimate of drug-likeness (QED) is 0.202. The molecule has 2 fully saturated rings. The van der Waals surface area contributed by atoms with Gasteiger partial charge in [-0.05, 0) is 66.7 Å². The minimum Gasteiger partial charge on any atom is -0.495 e. The Bertz CT molecular complexity index is 1590. The molecule has 3 N–H and O–H groups in total. The topological polar surface area (TPSA) is 118 Å². The van der Waals surface area contributed by atoms with E-state index in [0.717, 1.165) is 83.5 Å². The highest BCUT2D eigenvalue weighted by atomic mass is 32.2. The molecule has 0 aliphatic carbocycles. The van der Waals surface area contributed by atoms with Crippen molar-refractivity contribution in [3.63, 3.8) is 0 Å². The number of amides is 1. The lowest BCUT2D eigenvalue weighted by Gasteiger charge is -2.30. The van der Waals surface area contributed by atoms with Crippen LogP contribution < -0.4 is 30.5 Å². The molecular weight excluding hydrogens is 602 g/mol. The summed E-state index contributed by atoms with van der Waals surface area (Å²) in [6.45, 7) is 6.81. The van der Waals surface area contributed by atoms with E-state index >= 15 is 0 Å². The van der Waals surface area contributed by atoms with Crippen LogP contribution in [0.1, 0.15) is 6.42 Å². The zero-order valence-corrected chi connectivity index (χ0v) is 26.7. The summed E-state index contributed by atoms with van der Waals surface area (Å²) < 4.78 is 16.7. The number of benzene rings is 3. The van der Waals surface area contributed by atoms with Crippen molar-refractivity contribution in [3.8, 4) is 5.75 Å². The highest BCUT2D eigenvalue weighted by Gasteiger charge is 2.17. The molecule has 2 aliphatic rings. The number of hydrogen-bond donors (Lipinski definition) is 2. The third kappa shape index (κ3) is 8.00. The van der Waals surface area contributed by atoms with Crippen molar-refractivity contribution >= 4 is 52.1 Å². The Morgan fingerprint density at radius 1 is 0.913 bits per heavy atom. The van der Waals surface area contributed by atoms with Crippen LogP contribution in [0.5, 0.6) is 5.75 Å². The maximum Gasteiger partial charge on any atom is 0.228 e. The Balaban J connectivity index is 1.13. The van der Waals surface area contributed by atoms with Gasteiger partial charge in [-0.1, -0.05) is 11.8 Å². The molecule has 0 saturated carbocycles. The van der Waals surface area contributed by atoms with Crippen molar-refractivity contribution in [1.29, 1.82) is 0 Å². The van der Waals surface area contributed by atoms with Crippen molar-refractivity contribution in [3.05, 3.63) is 79.0 Å². The summed E-state index contributed by atoms with van der Waals surface area (Å²) in [7, 11) is 1.68. The third-order valence-corrected chi connectivity index (χ3v) is 8.85. The fourth-order valence-electron chi connectivity index (χ4n) is 5.52. The SMILES string of the molecule is COc1cc(Nc2nccc(Sc3ccc(N(CCC(N)=O)c4ccc(N5CCOCC5)cc4)cc3)n2)ccc1N1CCOCC1. The van der Waals surface area contributed by atoms with Crippen molar-refractivity contribution in [1.82, 2.24) is 9.97 Å². The highest BCUT2D eigenvalue weighted by molar-refractivity contribution is 7.99. The number of methoxy groups -OCH3 is 1. The minimum atomic E-state index is -0.332. The lowest BCUT2D eigenvalue weighted by Crippen LogP contribution is -2.36. The van der Waals surface area contributed by atoms with E-state index < -0.39 is 0 Å². The summed E-state index contributed by atoms with van der Waals surface area (Å²) in [5.41, 5.74) is 10.6. The number of nitrogens with one attached hydrogen (secondary N) is 1. The Labute approximate surface area is 273 Å². The number of carbonyl (C=O) groups is 1. The summed E-state index contributed by atoms with van der Waals surface area (Å²) in [5.74, 6) is 0.957. The van der Waals surface area contributed by atoms with E-state index in [1.54, 1.807) is 25.1 Å². The molecule has 0 atom stereocenters. The van der Waals surface area contributed by atoms with Gasteiger partial charge < -0.3 is 40.0 Å².